The zero-order valence-electron chi connectivity index (χ0n) is 20.1. The first-order chi connectivity index (χ1) is 15.8. The van der Waals surface area contributed by atoms with E-state index in [2.05, 4.69) is 0 Å². The molecule has 0 amide bonds. The lowest BCUT2D eigenvalue weighted by molar-refractivity contribution is -0.270. The lowest BCUT2D eigenvalue weighted by atomic mass is 9.99. The molecule has 12 nitrogen and oxygen atoms in total. The van der Waals surface area contributed by atoms with Crippen molar-refractivity contribution in [2.45, 2.75) is 109 Å². The summed E-state index contributed by atoms with van der Waals surface area (Å²) in [6, 6.07) is 0. The summed E-state index contributed by atoms with van der Waals surface area (Å²) in [6.07, 6.45) is -6.00. The van der Waals surface area contributed by atoms with E-state index >= 15 is 0 Å². The number of ether oxygens (including phenoxy) is 9. The maximum absolute atomic E-state index is 12.6. The normalized spacial score (nSPS) is 40.4. The van der Waals surface area contributed by atoms with Crippen LogP contribution in [0.2, 0.25) is 0 Å². The topological polar surface area (TPSA) is 134 Å². The van der Waals surface area contributed by atoms with Crippen LogP contribution in [0.3, 0.4) is 0 Å². The van der Waals surface area contributed by atoms with E-state index in [4.69, 9.17) is 42.6 Å². The molecular weight excluding hydrogens is 456 g/mol. The molecule has 4 rings (SSSR count). The minimum absolute atomic E-state index is 0.00405. The summed E-state index contributed by atoms with van der Waals surface area (Å²) >= 11 is 0. The Kier molecular flexibility index (Phi) is 7.04. The fraction of sp³-hybridized carbons (Fsp3) is 0.864. The molecule has 192 valence electrons. The van der Waals surface area contributed by atoms with Crippen molar-refractivity contribution in [1.29, 1.82) is 0 Å². The van der Waals surface area contributed by atoms with Gasteiger partial charge in [0.05, 0.1) is 13.0 Å². The van der Waals surface area contributed by atoms with Gasteiger partial charge in [-0.05, 0) is 27.7 Å². The molecule has 4 aliphatic rings. The molecule has 4 heterocycles. The predicted molar refractivity (Wildman–Crippen MR) is 109 cm³/mol. The van der Waals surface area contributed by atoms with E-state index in [1.54, 1.807) is 27.7 Å². The number of carbonyl (C=O) groups is 3. The van der Waals surface area contributed by atoms with Crippen molar-refractivity contribution in [3.05, 3.63) is 0 Å². The lowest BCUT2D eigenvalue weighted by Gasteiger charge is -2.38. The van der Waals surface area contributed by atoms with E-state index < -0.39 is 78.5 Å². The molecule has 0 unspecified atom stereocenters. The molecule has 12 heteroatoms. The first-order valence-electron chi connectivity index (χ1n) is 11.3. The Morgan fingerprint density at radius 3 is 2.18 bits per heavy atom. The van der Waals surface area contributed by atoms with Gasteiger partial charge < -0.3 is 42.6 Å². The van der Waals surface area contributed by atoms with Crippen molar-refractivity contribution in [3.8, 4) is 0 Å². The summed E-state index contributed by atoms with van der Waals surface area (Å²) in [4.78, 5) is 35.3. The second-order valence-electron chi connectivity index (χ2n) is 9.65. The molecule has 0 aromatic rings. The minimum Gasteiger partial charge on any atom is -0.463 e. The SMILES string of the molecule is CC(=O)OC[C@H]1O[C@H](OC[C@H]2O[C@@H]3OC(C)(C)O[C@@H]3[C@H]3OC(C)(C)O[C@H]32)CC(=O)[C@@H]1OC(C)=O. The molecule has 0 aromatic carbocycles. The summed E-state index contributed by atoms with van der Waals surface area (Å²) in [7, 11) is 0. The van der Waals surface area contributed by atoms with Crippen molar-refractivity contribution >= 4 is 17.7 Å². The highest BCUT2D eigenvalue weighted by Gasteiger charge is 2.60. The van der Waals surface area contributed by atoms with Crippen molar-refractivity contribution in [3.63, 3.8) is 0 Å². The van der Waals surface area contributed by atoms with Gasteiger partial charge in [0.2, 0.25) is 0 Å². The van der Waals surface area contributed by atoms with Crippen LogP contribution in [0.1, 0.15) is 48.0 Å². The number of hydrogen-bond donors (Lipinski definition) is 0. The summed E-state index contributed by atoms with van der Waals surface area (Å²) in [5.41, 5.74) is 0. The predicted octanol–water partition coefficient (Wildman–Crippen LogP) is 0.578. The van der Waals surface area contributed by atoms with Gasteiger partial charge in [0.15, 0.2) is 36.0 Å². The zero-order chi connectivity index (χ0) is 24.8. The molecule has 0 radical (unpaired) electrons. The van der Waals surface area contributed by atoms with E-state index in [1.165, 1.54) is 13.8 Å². The molecule has 0 aliphatic carbocycles. The highest BCUT2D eigenvalue weighted by molar-refractivity contribution is 5.86. The Balaban J connectivity index is 1.42. The quantitative estimate of drug-likeness (QED) is 0.484. The van der Waals surface area contributed by atoms with Crippen LogP contribution < -0.4 is 0 Å². The summed E-state index contributed by atoms with van der Waals surface area (Å²) < 4.78 is 51.8. The minimum atomic E-state index is -1.19. The number of ketones is 1. The number of carbonyl (C=O) groups excluding carboxylic acids is 3. The lowest BCUT2D eigenvalue weighted by Crippen LogP contribution is -2.57. The van der Waals surface area contributed by atoms with Crippen LogP contribution in [-0.4, -0.2) is 91.7 Å². The standard InChI is InChI=1S/C22H32O12/c1-10(23)26-8-13-16(28-11(2)24)12(25)7-15(29-13)27-9-14-17-18(32-21(3,4)31-17)19-20(30-14)34-22(5,6)33-19/h13-20H,7-9H2,1-6H3/t13-,14-,15+,16+,17+,18+,19-,20-/m1/s1. The van der Waals surface area contributed by atoms with Crippen LogP contribution >= 0.6 is 0 Å². The first-order valence-corrected chi connectivity index (χ1v) is 11.3. The van der Waals surface area contributed by atoms with E-state index in [9.17, 15) is 14.4 Å². The molecule has 0 saturated carbocycles. The number of rotatable bonds is 6. The average Bonchev–Trinajstić information content (AvgIpc) is 3.20. The summed E-state index contributed by atoms with van der Waals surface area (Å²) in [6.45, 7) is 9.34. The molecule has 34 heavy (non-hydrogen) atoms. The van der Waals surface area contributed by atoms with E-state index in [1.807, 2.05) is 0 Å². The number of esters is 2. The monoisotopic (exact) mass is 488 g/mol. The van der Waals surface area contributed by atoms with Gasteiger partial charge in [-0.25, -0.2) is 0 Å². The third-order valence-electron chi connectivity index (χ3n) is 5.79. The second-order valence-corrected chi connectivity index (χ2v) is 9.65. The van der Waals surface area contributed by atoms with Gasteiger partial charge in [-0.3, -0.25) is 14.4 Å². The Morgan fingerprint density at radius 1 is 0.853 bits per heavy atom. The van der Waals surface area contributed by atoms with Crippen LogP contribution in [0.4, 0.5) is 0 Å². The van der Waals surface area contributed by atoms with E-state index in [0.717, 1.165) is 0 Å². The molecule has 4 aliphatic heterocycles. The van der Waals surface area contributed by atoms with E-state index in [0.29, 0.717) is 0 Å². The highest BCUT2D eigenvalue weighted by atomic mass is 16.9. The van der Waals surface area contributed by atoms with Crippen molar-refractivity contribution in [2.24, 2.45) is 0 Å². The molecule has 0 aromatic heterocycles. The van der Waals surface area contributed by atoms with Crippen LogP contribution in [-0.2, 0) is 57.0 Å². The Morgan fingerprint density at radius 2 is 1.50 bits per heavy atom. The molecule has 0 N–H and O–H groups in total. The number of hydrogen-bond acceptors (Lipinski definition) is 12. The Hall–Kier alpha value is -1.67. The number of Topliss-reactive ketones (excluding diaryl/α,β-unsaturated/α-hetero) is 1. The van der Waals surface area contributed by atoms with Crippen LogP contribution in [0.5, 0.6) is 0 Å². The second kappa shape index (κ2) is 9.41. The van der Waals surface area contributed by atoms with Crippen LogP contribution in [0.15, 0.2) is 0 Å². The van der Waals surface area contributed by atoms with Gasteiger partial charge in [0.1, 0.15) is 37.1 Å². The third kappa shape index (κ3) is 5.59. The summed E-state index contributed by atoms with van der Waals surface area (Å²) in [5, 5.41) is 0. The van der Waals surface area contributed by atoms with Gasteiger partial charge in [0, 0.05) is 13.8 Å². The maximum Gasteiger partial charge on any atom is 0.303 e. The molecule has 0 spiro atoms. The molecule has 0 bridgehead atoms. The number of fused-ring (bicyclic) bond motifs is 3. The Labute approximate surface area is 197 Å². The average molecular weight is 488 g/mol. The third-order valence-corrected chi connectivity index (χ3v) is 5.79. The van der Waals surface area contributed by atoms with Gasteiger partial charge in [-0.2, -0.15) is 0 Å². The fourth-order valence-electron chi connectivity index (χ4n) is 4.58. The molecule has 8 atom stereocenters. The van der Waals surface area contributed by atoms with Crippen LogP contribution in [0.25, 0.3) is 0 Å². The highest BCUT2D eigenvalue weighted by Crippen LogP contribution is 2.44. The van der Waals surface area contributed by atoms with Crippen molar-refractivity contribution < 1.29 is 57.0 Å². The summed E-state index contributed by atoms with van der Waals surface area (Å²) in [5.74, 6) is -3.30. The largest absolute Gasteiger partial charge is 0.463 e. The fourth-order valence-corrected chi connectivity index (χ4v) is 4.58. The van der Waals surface area contributed by atoms with Crippen LogP contribution in [0, 0.1) is 0 Å². The van der Waals surface area contributed by atoms with E-state index in [-0.39, 0.29) is 19.6 Å². The van der Waals surface area contributed by atoms with Gasteiger partial charge in [-0.1, -0.05) is 0 Å². The van der Waals surface area contributed by atoms with Gasteiger partial charge in [0.25, 0.3) is 0 Å². The molecule has 4 fully saturated rings. The smallest absolute Gasteiger partial charge is 0.303 e. The van der Waals surface area contributed by atoms with Gasteiger partial charge in [-0.15, -0.1) is 0 Å². The molecule has 4 saturated heterocycles. The van der Waals surface area contributed by atoms with Crippen molar-refractivity contribution in [1.82, 2.24) is 0 Å². The van der Waals surface area contributed by atoms with Crippen molar-refractivity contribution in [2.75, 3.05) is 13.2 Å². The molecular formula is C22H32O12. The Bertz CT molecular complexity index is 810. The van der Waals surface area contributed by atoms with Gasteiger partial charge >= 0.3 is 11.9 Å². The zero-order valence-corrected chi connectivity index (χ0v) is 20.1. The first kappa shape index (κ1) is 25.4. The maximum atomic E-state index is 12.6.